The number of benzene rings is 1. The predicted octanol–water partition coefficient (Wildman–Crippen LogP) is 4.90. The molecule has 2 rings (SSSR count). The quantitative estimate of drug-likeness (QED) is 0.472. The summed E-state index contributed by atoms with van der Waals surface area (Å²) >= 11 is 29.7. The molecule has 8 heteroatoms. The lowest BCUT2D eigenvalue weighted by atomic mass is 10.1. The van der Waals surface area contributed by atoms with Crippen molar-refractivity contribution in [3.8, 4) is 11.1 Å². The Morgan fingerprint density at radius 2 is 1.68 bits per heavy atom. The van der Waals surface area contributed by atoms with Crippen molar-refractivity contribution in [2.75, 3.05) is 0 Å². The number of nitrogens with zero attached hydrogens (tertiary/aromatic N) is 2. The van der Waals surface area contributed by atoms with Crippen molar-refractivity contribution < 1.29 is 5.11 Å². The molecule has 0 aliphatic carbocycles. The molecule has 0 saturated heterocycles. The van der Waals surface area contributed by atoms with Gasteiger partial charge in [0.25, 0.3) is 0 Å². The average Bonchev–Trinajstić information content (AvgIpc) is 2.33. The number of aromatic nitrogens is 2. The highest BCUT2D eigenvalue weighted by Crippen LogP contribution is 2.40. The van der Waals surface area contributed by atoms with Crippen molar-refractivity contribution in [1.82, 2.24) is 9.97 Å². The van der Waals surface area contributed by atoms with Gasteiger partial charge in [-0.05, 0) is 23.7 Å². The van der Waals surface area contributed by atoms with E-state index in [0.717, 1.165) is 0 Å². The molecule has 0 aliphatic rings. The van der Waals surface area contributed by atoms with Crippen molar-refractivity contribution in [2.45, 2.75) is 6.61 Å². The highest BCUT2D eigenvalue weighted by atomic mass is 35.5. The van der Waals surface area contributed by atoms with Gasteiger partial charge in [-0.15, -0.1) is 0 Å². The third-order valence-electron chi connectivity index (χ3n) is 2.32. The molecule has 1 aromatic carbocycles. The second-order valence-electron chi connectivity index (χ2n) is 3.51. The molecular formula is C11H5Cl5N2O. The molecule has 1 N–H and O–H groups in total. The monoisotopic (exact) mass is 356 g/mol. The minimum absolute atomic E-state index is 0.0595. The van der Waals surface area contributed by atoms with Gasteiger partial charge in [0, 0.05) is 16.1 Å². The highest BCUT2D eigenvalue weighted by Gasteiger charge is 2.18. The van der Waals surface area contributed by atoms with Crippen molar-refractivity contribution >= 4 is 58.0 Å². The molecule has 0 aliphatic heterocycles. The Bertz CT molecular complexity index is 647. The Kier molecular flexibility index (Phi) is 4.77. The fraction of sp³-hybridized carbons (Fsp3) is 0.0909. The summed E-state index contributed by atoms with van der Waals surface area (Å²) in [4.78, 5) is 7.73. The molecule has 0 atom stereocenters. The maximum Gasteiger partial charge on any atom is 0.224 e. The summed E-state index contributed by atoms with van der Waals surface area (Å²) in [5.74, 6) is 0. The van der Waals surface area contributed by atoms with E-state index in [2.05, 4.69) is 9.97 Å². The molecule has 100 valence electrons. The van der Waals surface area contributed by atoms with Gasteiger partial charge in [-0.2, -0.15) is 0 Å². The van der Waals surface area contributed by atoms with Gasteiger partial charge in [-0.25, -0.2) is 9.97 Å². The first-order chi connectivity index (χ1) is 8.93. The molecule has 19 heavy (non-hydrogen) atoms. The smallest absolute Gasteiger partial charge is 0.224 e. The van der Waals surface area contributed by atoms with Crippen LogP contribution >= 0.6 is 58.0 Å². The summed E-state index contributed by atoms with van der Waals surface area (Å²) in [7, 11) is 0. The normalized spacial score (nSPS) is 10.8. The van der Waals surface area contributed by atoms with Gasteiger partial charge in [-0.1, -0.05) is 46.4 Å². The minimum Gasteiger partial charge on any atom is -0.390 e. The minimum atomic E-state index is -0.377. The maximum atomic E-state index is 9.34. The van der Waals surface area contributed by atoms with Gasteiger partial charge in [0.15, 0.2) is 0 Å². The van der Waals surface area contributed by atoms with E-state index in [1.807, 2.05) is 0 Å². The van der Waals surface area contributed by atoms with Crippen LogP contribution in [-0.2, 0) is 6.61 Å². The summed E-state index contributed by atoms with van der Waals surface area (Å²) in [6, 6.07) is 3.06. The van der Waals surface area contributed by atoms with E-state index in [-0.39, 0.29) is 32.8 Å². The van der Waals surface area contributed by atoms with Crippen LogP contribution in [0.2, 0.25) is 25.5 Å². The van der Waals surface area contributed by atoms with Gasteiger partial charge < -0.3 is 5.11 Å². The number of rotatable bonds is 2. The van der Waals surface area contributed by atoms with Crippen LogP contribution in [0.5, 0.6) is 0 Å². The highest BCUT2D eigenvalue weighted by molar-refractivity contribution is 6.45. The first-order valence-electron chi connectivity index (χ1n) is 4.91. The standard InChI is InChI=1S/C11H5Cl5N2O/c12-4-1-5(9(14)6(13)2-4)8-7(3-19)17-11(16)18-10(8)15/h1-2,19H,3H2. The summed E-state index contributed by atoms with van der Waals surface area (Å²) in [6.45, 7) is -0.377. The zero-order chi connectivity index (χ0) is 14.2. The molecule has 0 radical (unpaired) electrons. The van der Waals surface area contributed by atoms with Crippen molar-refractivity contribution in [1.29, 1.82) is 0 Å². The second kappa shape index (κ2) is 6.00. The molecule has 1 heterocycles. The van der Waals surface area contributed by atoms with Crippen LogP contribution in [0.3, 0.4) is 0 Å². The van der Waals surface area contributed by atoms with Crippen LogP contribution in [0, 0.1) is 0 Å². The Hall–Kier alpha value is -0.290. The molecule has 1 aromatic heterocycles. The molecule has 0 spiro atoms. The number of aliphatic hydroxyl groups is 1. The Morgan fingerprint density at radius 1 is 1.00 bits per heavy atom. The van der Waals surface area contributed by atoms with E-state index in [4.69, 9.17) is 58.0 Å². The topological polar surface area (TPSA) is 46.0 Å². The summed E-state index contributed by atoms with van der Waals surface area (Å²) in [5, 5.41) is 10.2. The SMILES string of the molecule is OCc1nc(Cl)nc(Cl)c1-c1cc(Cl)cc(Cl)c1Cl. The summed E-state index contributed by atoms with van der Waals surface area (Å²) < 4.78 is 0. The van der Waals surface area contributed by atoms with E-state index in [0.29, 0.717) is 16.1 Å². The van der Waals surface area contributed by atoms with Gasteiger partial charge in [-0.3, -0.25) is 0 Å². The van der Waals surface area contributed by atoms with Gasteiger partial charge >= 0.3 is 0 Å². The lowest BCUT2D eigenvalue weighted by Gasteiger charge is -2.12. The third kappa shape index (κ3) is 3.07. The fourth-order valence-corrected chi connectivity index (χ4v) is 2.78. The van der Waals surface area contributed by atoms with E-state index < -0.39 is 0 Å². The fourth-order valence-electron chi connectivity index (χ4n) is 1.57. The molecule has 0 unspecified atom stereocenters. The lowest BCUT2D eigenvalue weighted by Crippen LogP contribution is -1.99. The maximum absolute atomic E-state index is 9.34. The third-order valence-corrected chi connectivity index (χ3v) is 3.79. The van der Waals surface area contributed by atoms with Crippen LogP contribution in [-0.4, -0.2) is 15.1 Å². The number of halogens is 5. The molecule has 2 aromatic rings. The first-order valence-corrected chi connectivity index (χ1v) is 6.80. The van der Waals surface area contributed by atoms with Crippen molar-refractivity contribution in [3.63, 3.8) is 0 Å². The molecule has 0 bridgehead atoms. The molecule has 0 saturated carbocycles. The van der Waals surface area contributed by atoms with Crippen LogP contribution in [0.4, 0.5) is 0 Å². The van der Waals surface area contributed by atoms with Crippen molar-refractivity contribution in [2.24, 2.45) is 0 Å². The zero-order valence-corrected chi connectivity index (χ0v) is 12.9. The van der Waals surface area contributed by atoms with E-state index in [1.54, 1.807) is 6.07 Å². The van der Waals surface area contributed by atoms with E-state index in [9.17, 15) is 5.11 Å². The Morgan fingerprint density at radius 3 is 2.32 bits per heavy atom. The van der Waals surface area contributed by atoms with Crippen LogP contribution in [0.1, 0.15) is 5.69 Å². The lowest BCUT2D eigenvalue weighted by molar-refractivity contribution is 0.277. The van der Waals surface area contributed by atoms with Gasteiger partial charge in [0.1, 0.15) is 5.15 Å². The predicted molar refractivity (Wildman–Crippen MR) is 78.4 cm³/mol. The Balaban J connectivity index is 2.79. The van der Waals surface area contributed by atoms with E-state index in [1.165, 1.54) is 6.07 Å². The second-order valence-corrected chi connectivity index (χ2v) is 5.43. The number of hydrogen-bond donors (Lipinski definition) is 1. The van der Waals surface area contributed by atoms with Crippen molar-refractivity contribution in [3.05, 3.63) is 43.3 Å². The van der Waals surface area contributed by atoms with Gasteiger partial charge in [0.2, 0.25) is 5.28 Å². The zero-order valence-electron chi connectivity index (χ0n) is 9.09. The molecule has 3 nitrogen and oxygen atoms in total. The van der Waals surface area contributed by atoms with Crippen LogP contribution in [0.25, 0.3) is 11.1 Å². The number of aliphatic hydroxyl groups excluding tert-OH is 1. The van der Waals surface area contributed by atoms with E-state index >= 15 is 0 Å². The average molecular weight is 358 g/mol. The first kappa shape index (κ1) is 15.1. The summed E-state index contributed by atoms with van der Waals surface area (Å²) in [5.41, 5.74) is 1.03. The van der Waals surface area contributed by atoms with Crippen LogP contribution in [0.15, 0.2) is 12.1 Å². The molecular weight excluding hydrogens is 353 g/mol. The van der Waals surface area contributed by atoms with Crippen LogP contribution < -0.4 is 0 Å². The molecule has 0 fully saturated rings. The van der Waals surface area contributed by atoms with Gasteiger partial charge in [0.05, 0.1) is 22.3 Å². The Labute approximate surface area is 134 Å². The number of hydrogen-bond acceptors (Lipinski definition) is 3. The molecule has 0 amide bonds. The largest absolute Gasteiger partial charge is 0.390 e. The summed E-state index contributed by atoms with van der Waals surface area (Å²) in [6.07, 6.45) is 0.